The first kappa shape index (κ1) is 14.9. The van der Waals surface area contributed by atoms with E-state index in [9.17, 15) is 9.18 Å². The Bertz CT molecular complexity index is 347. The zero-order chi connectivity index (χ0) is 11.3. The van der Waals surface area contributed by atoms with Crippen LogP contribution in [0.5, 0.6) is 0 Å². The van der Waals surface area contributed by atoms with Crippen molar-refractivity contribution in [1.29, 1.82) is 0 Å². The number of benzene rings is 1. The molecule has 1 atom stereocenters. The fraction of sp³-hybridized carbons (Fsp3) is 0.364. The van der Waals surface area contributed by atoms with Gasteiger partial charge in [-0.15, -0.1) is 12.4 Å². The smallest absolute Gasteiger partial charge is 0.314 e. The van der Waals surface area contributed by atoms with Gasteiger partial charge < -0.3 is 10.5 Å². The van der Waals surface area contributed by atoms with Gasteiger partial charge in [0.15, 0.2) is 0 Å². The van der Waals surface area contributed by atoms with Crippen molar-refractivity contribution >= 4 is 18.4 Å². The highest BCUT2D eigenvalue weighted by Crippen LogP contribution is 2.17. The molecule has 0 aliphatic rings. The number of ether oxygens (including phenoxy) is 1. The van der Waals surface area contributed by atoms with Gasteiger partial charge in [-0.25, -0.2) is 4.39 Å². The molecule has 0 heterocycles. The van der Waals surface area contributed by atoms with E-state index in [1.807, 2.05) is 0 Å². The molecule has 0 aliphatic carbocycles. The molecule has 0 aliphatic heterocycles. The maximum absolute atomic E-state index is 12.9. The zero-order valence-electron chi connectivity index (χ0n) is 8.98. The van der Waals surface area contributed by atoms with E-state index in [2.05, 4.69) is 0 Å². The van der Waals surface area contributed by atoms with E-state index in [1.54, 1.807) is 19.1 Å². The van der Waals surface area contributed by atoms with Gasteiger partial charge in [-0.1, -0.05) is 12.1 Å². The SMILES string of the molecule is CCOC(=O)[C@@H](CN)c1cccc(F)c1.Cl. The second-order valence-corrected chi connectivity index (χ2v) is 3.10. The van der Waals surface area contributed by atoms with Gasteiger partial charge in [-0.05, 0) is 24.6 Å². The van der Waals surface area contributed by atoms with Crippen LogP contribution in [0.25, 0.3) is 0 Å². The van der Waals surface area contributed by atoms with E-state index in [4.69, 9.17) is 10.5 Å². The Balaban J connectivity index is 0.00000225. The fourth-order valence-electron chi connectivity index (χ4n) is 1.33. The molecular formula is C11H15ClFNO2. The van der Waals surface area contributed by atoms with E-state index in [-0.39, 0.29) is 24.8 Å². The number of esters is 1. The van der Waals surface area contributed by atoms with Crippen molar-refractivity contribution in [2.75, 3.05) is 13.2 Å². The van der Waals surface area contributed by atoms with Crippen LogP contribution in [0.15, 0.2) is 24.3 Å². The Kier molecular flexibility index (Phi) is 6.69. The molecule has 0 radical (unpaired) electrons. The minimum Gasteiger partial charge on any atom is -0.465 e. The summed E-state index contributed by atoms with van der Waals surface area (Å²) in [6, 6.07) is 5.83. The molecule has 0 fully saturated rings. The lowest BCUT2D eigenvalue weighted by molar-refractivity contribution is -0.144. The van der Waals surface area contributed by atoms with Crippen LogP contribution in [0.3, 0.4) is 0 Å². The molecule has 90 valence electrons. The average molecular weight is 248 g/mol. The van der Waals surface area contributed by atoms with E-state index < -0.39 is 11.9 Å². The number of hydrogen-bond acceptors (Lipinski definition) is 3. The van der Waals surface area contributed by atoms with Gasteiger partial charge in [0.2, 0.25) is 0 Å². The summed E-state index contributed by atoms with van der Waals surface area (Å²) < 4.78 is 17.8. The summed E-state index contributed by atoms with van der Waals surface area (Å²) in [5.41, 5.74) is 6.01. The highest BCUT2D eigenvalue weighted by molar-refractivity contribution is 5.85. The predicted octanol–water partition coefficient (Wildman–Crippen LogP) is 1.85. The van der Waals surface area contributed by atoms with Crippen LogP contribution in [0, 0.1) is 5.82 Å². The van der Waals surface area contributed by atoms with Gasteiger partial charge in [0.25, 0.3) is 0 Å². The summed E-state index contributed by atoms with van der Waals surface area (Å²) >= 11 is 0. The van der Waals surface area contributed by atoms with Crippen LogP contribution in [-0.2, 0) is 9.53 Å². The predicted molar refractivity (Wildman–Crippen MR) is 62.1 cm³/mol. The molecule has 1 aromatic rings. The highest BCUT2D eigenvalue weighted by Gasteiger charge is 2.20. The molecule has 16 heavy (non-hydrogen) atoms. The van der Waals surface area contributed by atoms with Crippen LogP contribution in [0.2, 0.25) is 0 Å². The van der Waals surface area contributed by atoms with Gasteiger partial charge in [-0.3, -0.25) is 4.79 Å². The second kappa shape index (κ2) is 7.19. The summed E-state index contributed by atoms with van der Waals surface area (Å²) in [5, 5.41) is 0. The topological polar surface area (TPSA) is 52.3 Å². The molecule has 0 amide bonds. The van der Waals surface area contributed by atoms with Crippen molar-refractivity contribution < 1.29 is 13.9 Å². The van der Waals surface area contributed by atoms with Crippen molar-refractivity contribution in [3.05, 3.63) is 35.6 Å². The van der Waals surface area contributed by atoms with Crippen molar-refractivity contribution in [2.45, 2.75) is 12.8 Å². The average Bonchev–Trinajstić information content (AvgIpc) is 2.19. The molecule has 0 spiro atoms. The van der Waals surface area contributed by atoms with Crippen LogP contribution in [0.4, 0.5) is 4.39 Å². The summed E-state index contributed by atoms with van der Waals surface area (Å²) in [6.45, 7) is 2.13. The van der Waals surface area contributed by atoms with E-state index >= 15 is 0 Å². The van der Waals surface area contributed by atoms with Crippen LogP contribution < -0.4 is 5.73 Å². The van der Waals surface area contributed by atoms with Crippen LogP contribution in [0.1, 0.15) is 18.4 Å². The Hall–Kier alpha value is -1.13. The minimum atomic E-state index is -0.583. The number of carbonyl (C=O) groups is 1. The lowest BCUT2D eigenvalue weighted by atomic mass is 9.99. The number of halogens is 2. The first-order valence-electron chi connectivity index (χ1n) is 4.81. The van der Waals surface area contributed by atoms with Crippen LogP contribution >= 0.6 is 12.4 Å². The Morgan fingerprint density at radius 3 is 2.75 bits per heavy atom. The number of carbonyl (C=O) groups excluding carboxylic acids is 1. The van der Waals surface area contributed by atoms with Gasteiger partial charge in [0.05, 0.1) is 12.5 Å². The van der Waals surface area contributed by atoms with Gasteiger partial charge in [0, 0.05) is 6.54 Å². The molecule has 1 rings (SSSR count). The summed E-state index contributed by atoms with van der Waals surface area (Å²) in [6.07, 6.45) is 0. The van der Waals surface area contributed by atoms with Gasteiger partial charge in [0.1, 0.15) is 5.82 Å². The first-order valence-corrected chi connectivity index (χ1v) is 4.81. The summed E-state index contributed by atoms with van der Waals surface area (Å²) in [5.74, 6) is -1.37. The number of nitrogens with two attached hydrogens (primary N) is 1. The van der Waals surface area contributed by atoms with Crippen molar-refractivity contribution in [3.63, 3.8) is 0 Å². The molecule has 0 bridgehead atoms. The lowest BCUT2D eigenvalue weighted by Gasteiger charge is -2.13. The normalized spacial score (nSPS) is 11.4. The van der Waals surface area contributed by atoms with Crippen LogP contribution in [-0.4, -0.2) is 19.1 Å². The third-order valence-corrected chi connectivity index (χ3v) is 2.06. The Morgan fingerprint density at radius 1 is 1.56 bits per heavy atom. The second-order valence-electron chi connectivity index (χ2n) is 3.10. The third kappa shape index (κ3) is 3.79. The molecule has 0 unspecified atom stereocenters. The maximum Gasteiger partial charge on any atom is 0.314 e. The van der Waals surface area contributed by atoms with E-state index in [0.29, 0.717) is 12.2 Å². The van der Waals surface area contributed by atoms with Crippen molar-refractivity contribution in [1.82, 2.24) is 0 Å². The van der Waals surface area contributed by atoms with Crippen molar-refractivity contribution in [3.8, 4) is 0 Å². The quantitative estimate of drug-likeness (QED) is 0.827. The summed E-state index contributed by atoms with van der Waals surface area (Å²) in [4.78, 5) is 11.5. The minimum absolute atomic E-state index is 0. The van der Waals surface area contributed by atoms with Crippen molar-refractivity contribution in [2.24, 2.45) is 5.73 Å². The maximum atomic E-state index is 12.9. The lowest BCUT2D eigenvalue weighted by Crippen LogP contribution is -2.23. The largest absolute Gasteiger partial charge is 0.465 e. The van der Waals surface area contributed by atoms with Gasteiger partial charge >= 0.3 is 5.97 Å². The molecule has 1 aromatic carbocycles. The molecule has 5 heteroatoms. The Morgan fingerprint density at radius 2 is 2.25 bits per heavy atom. The van der Waals surface area contributed by atoms with Gasteiger partial charge in [-0.2, -0.15) is 0 Å². The first-order chi connectivity index (χ1) is 7.19. The number of hydrogen-bond donors (Lipinski definition) is 1. The molecule has 0 saturated carbocycles. The fourth-order valence-corrected chi connectivity index (χ4v) is 1.33. The number of rotatable bonds is 4. The van der Waals surface area contributed by atoms with E-state index in [0.717, 1.165) is 0 Å². The molecule has 2 N–H and O–H groups in total. The monoisotopic (exact) mass is 247 g/mol. The molecule has 3 nitrogen and oxygen atoms in total. The standard InChI is InChI=1S/C11H14FNO2.ClH/c1-2-15-11(14)10(7-13)8-4-3-5-9(12)6-8;/h3-6,10H,2,7,13H2,1H3;1H/t10-;/m0./s1. The molecule has 0 aromatic heterocycles. The van der Waals surface area contributed by atoms with E-state index in [1.165, 1.54) is 12.1 Å². The molecule has 0 saturated heterocycles. The Labute approximate surface area is 100 Å². The third-order valence-electron chi connectivity index (χ3n) is 2.06. The molecular weight excluding hydrogens is 233 g/mol. The summed E-state index contributed by atoms with van der Waals surface area (Å²) in [7, 11) is 0. The highest BCUT2D eigenvalue weighted by atomic mass is 35.5. The zero-order valence-corrected chi connectivity index (χ0v) is 9.80.